The van der Waals surface area contributed by atoms with Gasteiger partial charge in [-0.2, -0.15) is 0 Å². The lowest BCUT2D eigenvalue weighted by Gasteiger charge is -2.11. The van der Waals surface area contributed by atoms with Crippen molar-refractivity contribution in [2.24, 2.45) is 0 Å². The van der Waals surface area contributed by atoms with Crippen LogP contribution in [0.25, 0.3) is 0 Å². The molecule has 2 amide bonds. The molecule has 1 heterocycles. The second-order valence-corrected chi connectivity index (χ2v) is 4.02. The van der Waals surface area contributed by atoms with E-state index < -0.39 is 23.8 Å². The van der Waals surface area contributed by atoms with Crippen molar-refractivity contribution in [2.45, 2.75) is 19.4 Å². The molecule has 2 rings (SSSR count). The van der Waals surface area contributed by atoms with E-state index in [0.717, 1.165) is 0 Å². The number of carbonyl (C=O) groups is 4. The van der Waals surface area contributed by atoms with Gasteiger partial charge in [0.15, 0.2) is 0 Å². The lowest BCUT2D eigenvalue weighted by atomic mass is 10.2. The lowest BCUT2D eigenvalue weighted by molar-refractivity contribution is -0.202. The second kappa shape index (κ2) is 5.96. The molecule has 0 aromatic heterocycles. The summed E-state index contributed by atoms with van der Waals surface area (Å²) in [6, 6.07) is 8.73. The number of benzene rings is 1. The fourth-order valence-corrected chi connectivity index (χ4v) is 1.56. The summed E-state index contributed by atoms with van der Waals surface area (Å²) in [5, 5.41) is 0.298. The van der Waals surface area contributed by atoms with Crippen LogP contribution in [-0.4, -0.2) is 28.8 Å². The number of ether oxygens (including phenoxy) is 1. The third-order valence-corrected chi connectivity index (χ3v) is 2.56. The van der Waals surface area contributed by atoms with E-state index in [0.29, 0.717) is 10.6 Å². The molecular weight excluding hydrogens is 266 g/mol. The second-order valence-electron chi connectivity index (χ2n) is 4.02. The summed E-state index contributed by atoms with van der Waals surface area (Å²) in [4.78, 5) is 49.5. The molecule has 0 bridgehead atoms. The van der Waals surface area contributed by atoms with Gasteiger partial charge in [0.2, 0.25) is 0 Å². The zero-order chi connectivity index (χ0) is 14.5. The molecule has 0 radical (unpaired) electrons. The summed E-state index contributed by atoms with van der Waals surface area (Å²) in [5.41, 5.74) is 0.696. The lowest BCUT2D eigenvalue weighted by Crippen LogP contribution is -2.35. The minimum Gasteiger partial charge on any atom is -0.452 e. The predicted molar refractivity (Wildman–Crippen MR) is 63.4 cm³/mol. The Labute approximate surface area is 114 Å². The van der Waals surface area contributed by atoms with Gasteiger partial charge in [0.05, 0.1) is 0 Å². The van der Waals surface area contributed by atoms with Gasteiger partial charge < -0.3 is 9.57 Å². The van der Waals surface area contributed by atoms with Gasteiger partial charge in [-0.15, -0.1) is 5.06 Å². The quantitative estimate of drug-likeness (QED) is 0.449. The van der Waals surface area contributed by atoms with Gasteiger partial charge in [0.1, 0.15) is 6.61 Å². The number of hydrogen-bond donors (Lipinski definition) is 0. The molecule has 1 aliphatic heterocycles. The van der Waals surface area contributed by atoms with Crippen molar-refractivity contribution < 1.29 is 28.8 Å². The highest BCUT2D eigenvalue weighted by atomic mass is 16.7. The molecule has 1 fully saturated rings. The van der Waals surface area contributed by atoms with Crippen LogP contribution in [0.4, 0.5) is 0 Å². The largest absolute Gasteiger partial charge is 0.452 e. The smallest absolute Gasteiger partial charge is 0.442 e. The number of nitrogens with zero attached hydrogens (tertiary/aromatic N) is 1. The maximum Gasteiger partial charge on any atom is 0.442 e. The number of hydroxylamine groups is 2. The van der Waals surface area contributed by atoms with E-state index in [9.17, 15) is 19.2 Å². The molecule has 0 unspecified atom stereocenters. The van der Waals surface area contributed by atoms with Crippen LogP contribution >= 0.6 is 0 Å². The third-order valence-electron chi connectivity index (χ3n) is 2.56. The molecule has 1 aromatic carbocycles. The third kappa shape index (κ3) is 3.19. The molecule has 20 heavy (non-hydrogen) atoms. The minimum atomic E-state index is -1.40. The summed E-state index contributed by atoms with van der Waals surface area (Å²) in [7, 11) is 0. The topological polar surface area (TPSA) is 90.0 Å². The van der Waals surface area contributed by atoms with Crippen LogP contribution in [0.15, 0.2) is 30.3 Å². The zero-order valence-corrected chi connectivity index (χ0v) is 10.4. The molecule has 0 N–H and O–H groups in total. The maximum absolute atomic E-state index is 11.4. The highest BCUT2D eigenvalue weighted by molar-refractivity contribution is 6.30. The van der Waals surface area contributed by atoms with E-state index in [4.69, 9.17) is 4.74 Å². The number of carbonyl (C=O) groups excluding carboxylic acids is 4. The van der Waals surface area contributed by atoms with Gasteiger partial charge in [-0.1, -0.05) is 30.3 Å². The average Bonchev–Trinajstić information content (AvgIpc) is 2.77. The number of amides is 2. The molecular formula is C13H11NO6. The molecule has 0 saturated carbocycles. The Bertz CT molecular complexity index is 537. The normalized spacial score (nSPS) is 14.3. The van der Waals surface area contributed by atoms with E-state index in [1.165, 1.54) is 0 Å². The summed E-state index contributed by atoms with van der Waals surface area (Å²) in [6.45, 7) is -0.101. The first-order chi connectivity index (χ1) is 9.58. The van der Waals surface area contributed by atoms with Crippen LogP contribution in [0, 0.1) is 0 Å². The number of esters is 1. The van der Waals surface area contributed by atoms with Crippen LogP contribution < -0.4 is 0 Å². The molecule has 1 aliphatic rings. The first kappa shape index (κ1) is 13.7. The van der Waals surface area contributed by atoms with Crippen molar-refractivity contribution in [3.8, 4) is 0 Å². The SMILES string of the molecule is O=C(OCc1ccccc1)C(=O)ON1C(=O)CCC1=O. The van der Waals surface area contributed by atoms with Crippen LogP contribution in [0.5, 0.6) is 0 Å². The zero-order valence-electron chi connectivity index (χ0n) is 10.4. The van der Waals surface area contributed by atoms with Gasteiger partial charge in [0.25, 0.3) is 11.8 Å². The van der Waals surface area contributed by atoms with E-state index in [1.54, 1.807) is 30.3 Å². The van der Waals surface area contributed by atoms with Gasteiger partial charge in [0, 0.05) is 12.8 Å². The molecule has 0 atom stereocenters. The van der Waals surface area contributed by atoms with E-state index >= 15 is 0 Å². The molecule has 7 nitrogen and oxygen atoms in total. The van der Waals surface area contributed by atoms with Gasteiger partial charge >= 0.3 is 11.9 Å². The van der Waals surface area contributed by atoms with E-state index in [2.05, 4.69) is 4.84 Å². The Kier molecular flexibility index (Phi) is 4.09. The van der Waals surface area contributed by atoms with Crippen LogP contribution in [0.2, 0.25) is 0 Å². The van der Waals surface area contributed by atoms with Crippen molar-refractivity contribution >= 4 is 23.8 Å². The molecule has 0 aliphatic carbocycles. The van der Waals surface area contributed by atoms with E-state index in [1.807, 2.05) is 0 Å². The van der Waals surface area contributed by atoms with Crippen molar-refractivity contribution in [1.29, 1.82) is 0 Å². The van der Waals surface area contributed by atoms with Gasteiger partial charge in [-0.25, -0.2) is 9.59 Å². The molecule has 7 heteroatoms. The highest BCUT2D eigenvalue weighted by Crippen LogP contribution is 2.12. The number of imide groups is 1. The molecule has 1 aromatic rings. The molecule has 104 valence electrons. The monoisotopic (exact) mass is 277 g/mol. The van der Waals surface area contributed by atoms with Crippen molar-refractivity contribution in [3.63, 3.8) is 0 Å². The Balaban J connectivity index is 1.85. The standard InChI is InChI=1S/C13H11NO6/c15-10-6-7-11(16)14(10)20-13(18)12(17)19-8-9-4-2-1-3-5-9/h1-5H,6-8H2. The number of hydrogen-bond acceptors (Lipinski definition) is 6. The Morgan fingerprint density at radius 1 is 1.00 bits per heavy atom. The van der Waals surface area contributed by atoms with Gasteiger partial charge in [-0.05, 0) is 5.56 Å². The summed E-state index contributed by atoms with van der Waals surface area (Å²) >= 11 is 0. The highest BCUT2D eigenvalue weighted by Gasteiger charge is 2.35. The predicted octanol–water partition coefficient (Wildman–Crippen LogP) is 0.337. The summed E-state index contributed by atoms with van der Waals surface area (Å²) in [6.07, 6.45) is -0.0731. The van der Waals surface area contributed by atoms with Crippen molar-refractivity contribution in [3.05, 3.63) is 35.9 Å². The first-order valence-electron chi connectivity index (χ1n) is 5.86. The van der Waals surface area contributed by atoms with Crippen LogP contribution in [0.3, 0.4) is 0 Å². The Hall–Kier alpha value is -2.70. The van der Waals surface area contributed by atoms with Crippen LogP contribution in [0.1, 0.15) is 18.4 Å². The Morgan fingerprint density at radius 3 is 2.20 bits per heavy atom. The van der Waals surface area contributed by atoms with Gasteiger partial charge in [-0.3, -0.25) is 9.59 Å². The fourth-order valence-electron chi connectivity index (χ4n) is 1.56. The first-order valence-corrected chi connectivity index (χ1v) is 5.86. The average molecular weight is 277 g/mol. The Morgan fingerprint density at radius 2 is 1.60 bits per heavy atom. The number of rotatable bonds is 3. The maximum atomic E-state index is 11.4. The molecule has 0 spiro atoms. The fraction of sp³-hybridized carbons (Fsp3) is 0.231. The van der Waals surface area contributed by atoms with E-state index in [-0.39, 0.29) is 19.4 Å². The van der Waals surface area contributed by atoms with Crippen molar-refractivity contribution in [1.82, 2.24) is 5.06 Å². The molecule has 1 saturated heterocycles. The van der Waals surface area contributed by atoms with Crippen molar-refractivity contribution in [2.75, 3.05) is 0 Å². The summed E-state index contributed by atoms with van der Waals surface area (Å²) < 4.78 is 4.71. The minimum absolute atomic E-state index is 0.0365. The van der Waals surface area contributed by atoms with Crippen LogP contribution in [-0.2, 0) is 35.4 Å². The summed E-state index contributed by atoms with van der Waals surface area (Å²) in [5.74, 6) is -3.97.